The van der Waals surface area contributed by atoms with E-state index < -0.39 is 11.2 Å². The number of aryl methyl sites for hydroxylation is 1. The van der Waals surface area contributed by atoms with E-state index in [1.807, 2.05) is 0 Å². The first-order chi connectivity index (χ1) is 7.06. The Morgan fingerprint density at radius 1 is 1.19 bits per heavy atom. The van der Waals surface area contributed by atoms with E-state index in [0.29, 0.717) is 0 Å². The zero-order chi connectivity index (χ0) is 11.2. The largest absolute Gasteiger partial charge is 0.543 e. The van der Waals surface area contributed by atoms with E-state index >= 15 is 0 Å². The summed E-state index contributed by atoms with van der Waals surface area (Å²) in [5.41, 5.74) is 8.09. The Morgan fingerprint density at radius 2 is 1.81 bits per heavy atom. The van der Waals surface area contributed by atoms with Crippen LogP contribution < -0.4 is 16.9 Å². The Bertz CT molecular complexity index is 741. The molecule has 2 heterocycles. The molecule has 16 heavy (non-hydrogen) atoms. The molecule has 2 aromatic heterocycles. The average Bonchev–Trinajstić information content (AvgIpc) is 2.67. The smallest absolute Gasteiger partial charge is 0.434 e. The molecule has 0 aromatic carbocycles. The molecular weight excluding hydrogens is 236 g/mol. The number of nitrogens with zero attached hydrogens (tertiary/aromatic N) is 4. The quantitative estimate of drug-likeness (QED) is 0.432. The zero-order valence-corrected chi connectivity index (χ0v) is 9.33. The summed E-state index contributed by atoms with van der Waals surface area (Å²) in [6.07, 6.45) is 0. The lowest BCUT2D eigenvalue weighted by Gasteiger charge is -1.98. The van der Waals surface area contributed by atoms with Crippen molar-refractivity contribution < 1.29 is 4.79 Å². The SMILES string of the molecule is Cl.Cn1c(=O)c2[nH]c(=[N+]=[N-])[nH]c2n(C)c1=O. The molecule has 0 atom stereocenters. The lowest BCUT2D eigenvalue weighted by molar-refractivity contribution is -0.0776. The third-order valence-electron chi connectivity index (χ3n) is 2.24. The van der Waals surface area contributed by atoms with Crippen LogP contribution >= 0.6 is 12.4 Å². The van der Waals surface area contributed by atoms with Gasteiger partial charge in [-0.25, -0.2) is 14.8 Å². The number of aromatic nitrogens is 4. The van der Waals surface area contributed by atoms with Gasteiger partial charge in [0.25, 0.3) is 5.56 Å². The Balaban J connectivity index is 0.00000128. The molecule has 2 N–H and O–H groups in total. The molecule has 0 spiro atoms. The van der Waals surface area contributed by atoms with E-state index in [4.69, 9.17) is 5.53 Å². The first kappa shape index (κ1) is 12.0. The van der Waals surface area contributed by atoms with Crippen molar-refractivity contribution in [1.29, 1.82) is 0 Å². The van der Waals surface area contributed by atoms with Crippen molar-refractivity contribution in [2.75, 3.05) is 0 Å². The summed E-state index contributed by atoms with van der Waals surface area (Å²) in [5, 5.41) is 0. The molecule has 0 unspecified atom stereocenters. The third-order valence-corrected chi connectivity index (χ3v) is 2.24. The molecule has 86 valence electrons. The molecule has 2 rings (SSSR count). The van der Waals surface area contributed by atoms with Crippen LogP contribution in [0.15, 0.2) is 9.59 Å². The second-order valence-electron chi connectivity index (χ2n) is 3.13. The highest BCUT2D eigenvalue weighted by molar-refractivity contribution is 5.85. The van der Waals surface area contributed by atoms with E-state index in [9.17, 15) is 9.59 Å². The predicted octanol–water partition coefficient (Wildman–Crippen LogP) is -1.55. The Hall–Kier alpha value is -2.05. The first-order valence-corrected chi connectivity index (χ1v) is 4.12. The van der Waals surface area contributed by atoms with Gasteiger partial charge in [-0.1, -0.05) is 0 Å². The van der Waals surface area contributed by atoms with E-state index in [0.717, 1.165) is 4.57 Å². The van der Waals surface area contributed by atoms with Crippen LogP contribution in [0.3, 0.4) is 0 Å². The molecule has 0 amide bonds. The normalized spacial score (nSPS) is 9.88. The zero-order valence-electron chi connectivity index (χ0n) is 8.51. The van der Waals surface area contributed by atoms with Crippen LogP contribution in [0.1, 0.15) is 0 Å². The number of hydrogen-bond donors (Lipinski definition) is 2. The van der Waals surface area contributed by atoms with E-state index in [1.165, 1.54) is 18.7 Å². The summed E-state index contributed by atoms with van der Waals surface area (Å²) < 4.78 is 2.22. The summed E-state index contributed by atoms with van der Waals surface area (Å²) in [6.45, 7) is 0. The number of hydrogen-bond acceptors (Lipinski definition) is 2. The topological polar surface area (TPSA) is 112 Å². The third kappa shape index (κ3) is 1.40. The number of nitrogens with one attached hydrogen (secondary N) is 2. The number of fused-ring (bicyclic) bond motifs is 1. The van der Waals surface area contributed by atoms with Crippen LogP contribution in [0.2, 0.25) is 0 Å². The highest BCUT2D eigenvalue weighted by atomic mass is 35.5. The van der Waals surface area contributed by atoms with Crippen LogP contribution in [0.25, 0.3) is 16.7 Å². The van der Waals surface area contributed by atoms with Crippen molar-refractivity contribution in [3.63, 3.8) is 0 Å². The van der Waals surface area contributed by atoms with Gasteiger partial charge in [-0.15, -0.1) is 12.4 Å². The van der Waals surface area contributed by atoms with Gasteiger partial charge in [0.1, 0.15) is 0 Å². The standard InChI is InChI=1S/C7H8N6O2.ClH/c1-12-4-3(9-6(10-4)11-8)5(14)13(2)7(12)15;/h9-10H,1-2H3;1H. The Labute approximate surface area is 94.2 Å². The van der Waals surface area contributed by atoms with Crippen LogP contribution in [0, 0.1) is 0 Å². The maximum atomic E-state index is 11.6. The highest BCUT2D eigenvalue weighted by Gasteiger charge is 2.14. The number of H-pyrrole nitrogens is 2. The highest BCUT2D eigenvalue weighted by Crippen LogP contribution is 1.94. The van der Waals surface area contributed by atoms with Gasteiger partial charge in [-0.05, 0) is 0 Å². The fraction of sp³-hybridized carbons (Fsp3) is 0.286. The van der Waals surface area contributed by atoms with Crippen molar-refractivity contribution in [1.82, 2.24) is 19.1 Å². The van der Waals surface area contributed by atoms with Crippen molar-refractivity contribution in [3.05, 3.63) is 32.0 Å². The molecule has 0 bridgehead atoms. The monoisotopic (exact) mass is 244 g/mol. The fourth-order valence-corrected chi connectivity index (χ4v) is 1.42. The lowest BCUT2D eigenvalue weighted by Crippen LogP contribution is -2.36. The summed E-state index contributed by atoms with van der Waals surface area (Å²) in [5.74, 6) is 0. The van der Waals surface area contributed by atoms with Crippen molar-refractivity contribution in [2.24, 2.45) is 14.1 Å². The van der Waals surface area contributed by atoms with E-state index in [2.05, 4.69) is 14.8 Å². The molecule has 0 aliphatic heterocycles. The van der Waals surface area contributed by atoms with Gasteiger partial charge in [0.05, 0.1) is 0 Å². The molecule has 8 nitrogen and oxygen atoms in total. The fourth-order valence-electron chi connectivity index (χ4n) is 1.42. The molecule has 0 aliphatic carbocycles. The van der Waals surface area contributed by atoms with E-state index in [1.54, 1.807) is 0 Å². The van der Waals surface area contributed by atoms with Gasteiger partial charge < -0.3 is 10.3 Å². The number of imidazole rings is 1. The van der Waals surface area contributed by atoms with Crippen molar-refractivity contribution >= 4 is 23.6 Å². The second kappa shape index (κ2) is 3.84. The number of halogens is 1. The van der Waals surface area contributed by atoms with E-state index in [-0.39, 0.29) is 29.2 Å². The summed E-state index contributed by atoms with van der Waals surface area (Å²) in [6, 6.07) is 0. The molecule has 0 fully saturated rings. The van der Waals surface area contributed by atoms with Crippen molar-refractivity contribution in [2.45, 2.75) is 0 Å². The van der Waals surface area contributed by atoms with Crippen LogP contribution in [0.5, 0.6) is 0 Å². The Morgan fingerprint density at radius 3 is 2.38 bits per heavy atom. The first-order valence-electron chi connectivity index (χ1n) is 4.12. The van der Waals surface area contributed by atoms with Crippen LogP contribution in [-0.2, 0) is 14.1 Å². The summed E-state index contributed by atoms with van der Waals surface area (Å²) >= 11 is 0. The lowest BCUT2D eigenvalue weighted by atomic mass is 10.5. The van der Waals surface area contributed by atoms with Crippen LogP contribution in [0.4, 0.5) is 0 Å². The average molecular weight is 245 g/mol. The molecule has 0 saturated heterocycles. The second-order valence-corrected chi connectivity index (χ2v) is 3.13. The maximum absolute atomic E-state index is 11.6. The minimum Gasteiger partial charge on any atom is -0.543 e. The van der Waals surface area contributed by atoms with Gasteiger partial charge >= 0.3 is 11.3 Å². The molecule has 0 saturated carbocycles. The molecular formula is C7H9ClN6O2. The van der Waals surface area contributed by atoms with Gasteiger partial charge in [0.15, 0.2) is 0 Å². The summed E-state index contributed by atoms with van der Waals surface area (Å²) in [4.78, 5) is 31.1. The number of aromatic amines is 2. The molecule has 9 heteroatoms. The molecule has 2 aromatic rings. The maximum Gasteiger partial charge on any atom is 0.434 e. The predicted molar refractivity (Wildman–Crippen MR) is 57.1 cm³/mol. The minimum atomic E-state index is -0.473. The minimum absolute atomic E-state index is 0. The van der Waals surface area contributed by atoms with Crippen LogP contribution in [-0.4, -0.2) is 23.9 Å². The molecule has 0 aliphatic rings. The van der Waals surface area contributed by atoms with Gasteiger partial charge in [-0.3, -0.25) is 13.9 Å². The summed E-state index contributed by atoms with van der Waals surface area (Å²) in [7, 11) is 2.89. The van der Waals surface area contributed by atoms with Gasteiger partial charge in [-0.2, -0.15) is 0 Å². The Kier molecular flexibility index (Phi) is 2.88. The number of rotatable bonds is 0. The van der Waals surface area contributed by atoms with Gasteiger partial charge in [0, 0.05) is 14.1 Å². The van der Waals surface area contributed by atoms with Crippen molar-refractivity contribution in [3.8, 4) is 0 Å². The molecule has 0 radical (unpaired) electrons. The van der Waals surface area contributed by atoms with Gasteiger partial charge in [0.2, 0.25) is 11.2 Å².